The first-order chi connectivity index (χ1) is 17.5. The lowest BCUT2D eigenvalue weighted by molar-refractivity contribution is 0.237. The number of unbranched alkanes of at least 4 members (excludes halogenated alkanes) is 3. The van der Waals surface area contributed by atoms with Crippen molar-refractivity contribution < 1.29 is 12.7 Å². The minimum absolute atomic E-state index is 0.162. The van der Waals surface area contributed by atoms with Crippen LogP contribution in [0.3, 0.4) is 0 Å². The van der Waals surface area contributed by atoms with Crippen LogP contribution in [0.15, 0.2) is 24.4 Å². The second-order valence-corrected chi connectivity index (χ2v) is 23.8. The van der Waals surface area contributed by atoms with Gasteiger partial charge in [-0.1, -0.05) is 63.5 Å². The molecule has 3 nitrogen and oxygen atoms in total. The van der Waals surface area contributed by atoms with E-state index in [-0.39, 0.29) is 29.3 Å². The Morgan fingerprint density at radius 1 is 0.973 bits per heavy atom. The van der Waals surface area contributed by atoms with Gasteiger partial charge in [0.2, 0.25) is 8.32 Å². The molecule has 1 fully saturated rings. The van der Waals surface area contributed by atoms with E-state index in [1.807, 2.05) is 6.92 Å². The van der Waals surface area contributed by atoms with Crippen LogP contribution in [0, 0.1) is 11.8 Å². The van der Waals surface area contributed by atoms with Crippen LogP contribution in [0.25, 0.3) is 0 Å². The summed E-state index contributed by atoms with van der Waals surface area (Å²) in [5, 5.41) is 1.40. The second kappa shape index (κ2) is 24.5. The minimum Gasteiger partial charge on any atom is -0.461 e. The smallest absolute Gasteiger partial charge is 0.200 e. The van der Waals surface area contributed by atoms with Crippen LogP contribution in [0.2, 0.25) is 51.4 Å². The van der Waals surface area contributed by atoms with Crippen LogP contribution in [0.4, 0.5) is 0 Å². The molecule has 222 valence electrons. The van der Waals surface area contributed by atoms with Gasteiger partial charge in [-0.3, -0.25) is 0 Å². The monoisotopic (exact) mass is 624 g/mol. The quantitative estimate of drug-likeness (QED) is 0.0596. The summed E-state index contributed by atoms with van der Waals surface area (Å²) in [5.74, 6) is 2.53. The molecule has 1 saturated carbocycles. The summed E-state index contributed by atoms with van der Waals surface area (Å²) in [7, 11) is -3.51. The van der Waals surface area contributed by atoms with Gasteiger partial charge in [0.25, 0.3) is 0 Å². The minimum atomic E-state index is -1.58. The topological polar surface area (TPSA) is 27.7 Å². The number of allylic oxidation sites excluding steroid dienone is 2. The first-order valence-corrected chi connectivity index (χ1v) is 27.6. The zero-order valence-electron chi connectivity index (χ0n) is 26.4. The van der Waals surface area contributed by atoms with E-state index in [9.17, 15) is 0 Å². The highest BCUT2D eigenvalue weighted by atomic mass is 35.5. The lowest BCUT2D eigenvalue weighted by atomic mass is 9.97. The van der Waals surface area contributed by atoms with Gasteiger partial charge >= 0.3 is 0 Å². The van der Waals surface area contributed by atoms with Crippen molar-refractivity contribution >= 4 is 57.5 Å². The van der Waals surface area contributed by atoms with E-state index in [1.165, 1.54) is 56.6 Å². The van der Waals surface area contributed by atoms with Crippen molar-refractivity contribution in [3.63, 3.8) is 0 Å². The van der Waals surface area contributed by atoms with Gasteiger partial charge in [0, 0.05) is 12.5 Å². The summed E-state index contributed by atoms with van der Waals surface area (Å²) < 4.78 is 17.7. The highest BCUT2D eigenvalue weighted by Crippen LogP contribution is 2.53. The van der Waals surface area contributed by atoms with E-state index in [1.54, 1.807) is 6.08 Å². The zero-order valence-corrected chi connectivity index (χ0v) is 33.4. The summed E-state index contributed by atoms with van der Waals surface area (Å²) >= 11 is 5.83. The van der Waals surface area contributed by atoms with E-state index >= 15 is 0 Å². The molecule has 1 aliphatic rings. The number of halogens is 1. The fourth-order valence-electron chi connectivity index (χ4n) is 4.88. The molecule has 9 heteroatoms. The molecule has 0 aliphatic heterocycles. The lowest BCUT2D eigenvalue weighted by Crippen LogP contribution is -2.34. The second-order valence-electron chi connectivity index (χ2n) is 11.3. The van der Waals surface area contributed by atoms with E-state index in [0.29, 0.717) is 0 Å². The molecular formula is C28H65ClO3Si5. The molecule has 0 aromatic carbocycles. The molecule has 0 aromatic heterocycles. The Labute approximate surface area is 247 Å². The molecule has 0 N–H and O–H groups in total. The molecular weight excluding hydrogens is 560 g/mol. The highest BCUT2D eigenvalue weighted by Gasteiger charge is 2.48. The van der Waals surface area contributed by atoms with Crippen molar-refractivity contribution in [3.05, 3.63) is 24.4 Å². The Morgan fingerprint density at radius 2 is 1.54 bits per heavy atom. The molecule has 1 aliphatic carbocycles. The van der Waals surface area contributed by atoms with E-state index in [0.717, 1.165) is 42.7 Å². The van der Waals surface area contributed by atoms with Gasteiger partial charge in [-0.2, -0.15) is 0 Å². The molecule has 1 rings (SSSR count). The fourth-order valence-corrected chi connectivity index (χ4v) is 16.2. The summed E-state index contributed by atoms with van der Waals surface area (Å²) in [5.41, 5.74) is 1.000. The maximum absolute atomic E-state index is 6.03. The first kappa shape index (κ1) is 39.9. The van der Waals surface area contributed by atoms with Gasteiger partial charge in [-0.15, -0.1) is 24.8 Å². The summed E-state index contributed by atoms with van der Waals surface area (Å²) in [4.78, 5) is 0. The average Bonchev–Trinajstić information content (AvgIpc) is 3.64. The van der Waals surface area contributed by atoms with Crippen LogP contribution in [0.1, 0.15) is 78.1 Å². The van der Waals surface area contributed by atoms with Crippen molar-refractivity contribution in [3.8, 4) is 0 Å². The van der Waals surface area contributed by atoms with Gasteiger partial charge < -0.3 is 12.7 Å². The first-order valence-electron chi connectivity index (χ1n) is 15.2. The van der Waals surface area contributed by atoms with Crippen LogP contribution in [-0.2, 0) is 12.7 Å². The van der Waals surface area contributed by atoms with Gasteiger partial charge in [-0.25, -0.2) is 0 Å². The molecule has 0 radical (unpaired) electrons. The Morgan fingerprint density at radius 3 is 2.03 bits per heavy atom. The summed E-state index contributed by atoms with van der Waals surface area (Å²) in [6.45, 7) is 28.9. The van der Waals surface area contributed by atoms with E-state index in [2.05, 4.69) is 65.9 Å². The molecule has 3 unspecified atom stereocenters. The standard InChI is InChI=1S/C17H39ClO2Si3.C8H20OSi2.C3H6/c1-16(23(4,5)20-22-3)11-8-6-7-9-12-17(13-10-14-18)15-19-21-2;1-5-7-6-8(7)11(3,4)9-10-2;1-3-2/h17H,1,6-15,21-22H2,2-5H3;7-8H,5-6,10H2,1-4H3;3H,1H2,2H3. The van der Waals surface area contributed by atoms with E-state index in [4.69, 9.17) is 24.3 Å². The molecule has 0 amide bonds. The molecule has 0 spiro atoms. The van der Waals surface area contributed by atoms with Gasteiger partial charge in [0.15, 0.2) is 18.1 Å². The fraction of sp³-hybridized carbons (Fsp3) is 0.857. The third-order valence-corrected chi connectivity index (χ3v) is 20.9. The number of hydrogen-bond donors (Lipinski definition) is 0. The van der Waals surface area contributed by atoms with Crippen molar-refractivity contribution in [2.75, 3.05) is 12.5 Å². The molecule has 0 bridgehead atoms. The van der Waals surface area contributed by atoms with Crippen molar-refractivity contribution in [1.29, 1.82) is 0 Å². The molecule has 0 heterocycles. The van der Waals surface area contributed by atoms with Crippen LogP contribution >= 0.6 is 11.6 Å². The van der Waals surface area contributed by atoms with E-state index < -0.39 is 16.6 Å². The molecule has 0 aromatic rings. The number of alkyl halides is 1. The number of rotatable bonds is 20. The van der Waals surface area contributed by atoms with Crippen molar-refractivity contribution in [2.24, 2.45) is 11.8 Å². The Kier molecular flexibility index (Phi) is 26.4. The SMILES string of the molecule is C=C(CCCCCCC(CCCCl)CO[SiH2]C)[Si](C)(C)O[SiH2]C.C=CC.CCC1CC1[Si](C)(C)O[SiH2]C. The third kappa shape index (κ3) is 21.2. The maximum Gasteiger partial charge on any atom is 0.200 e. The predicted octanol–water partition coefficient (Wildman–Crippen LogP) is 7.89. The molecule has 0 saturated heterocycles. The van der Waals surface area contributed by atoms with Crippen molar-refractivity contribution in [2.45, 2.75) is 129 Å². The Hall–Kier alpha value is 0.734. The number of hydrogen-bond acceptors (Lipinski definition) is 3. The Bertz CT molecular complexity index is 556. The molecule has 37 heavy (non-hydrogen) atoms. The van der Waals surface area contributed by atoms with Crippen LogP contribution in [-0.4, -0.2) is 58.4 Å². The predicted molar refractivity (Wildman–Crippen MR) is 185 cm³/mol. The Balaban J connectivity index is 0. The largest absolute Gasteiger partial charge is 0.461 e. The van der Waals surface area contributed by atoms with Gasteiger partial charge in [-0.05, 0) is 89.0 Å². The van der Waals surface area contributed by atoms with Crippen LogP contribution < -0.4 is 0 Å². The lowest BCUT2D eigenvalue weighted by Gasteiger charge is -2.25. The normalized spacial score (nSPS) is 18.6. The molecule has 3 atom stereocenters. The summed E-state index contributed by atoms with van der Waals surface area (Å²) in [6, 6.07) is 0. The maximum atomic E-state index is 6.03. The summed E-state index contributed by atoms with van der Waals surface area (Å²) in [6.07, 6.45) is 14.7. The highest BCUT2D eigenvalue weighted by molar-refractivity contribution is 6.81. The third-order valence-electron chi connectivity index (χ3n) is 7.36. The van der Waals surface area contributed by atoms with Gasteiger partial charge in [0.1, 0.15) is 19.5 Å². The zero-order chi connectivity index (χ0) is 28.7. The van der Waals surface area contributed by atoms with Crippen molar-refractivity contribution in [1.82, 2.24) is 0 Å². The van der Waals surface area contributed by atoms with Crippen LogP contribution in [0.5, 0.6) is 0 Å². The van der Waals surface area contributed by atoms with Gasteiger partial charge in [0.05, 0.1) is 0 Å². The average molecular weight is 626 g/mol.